The number of rotatable bonds is 17. The molecule has 0 aliphatic carbocycles. The Bertz CT molecular complexity index is 679. The third kappa shape index (κ3) is 13.1. The number of aliphatic hydroxyl groups excluding tert-OH is 4. The quantitative estimate of drug-likeness (QED) is 0.114. The van der Waals surface area contributed by atoms with Crippen LogP contribution in [-0.2, 0) is 56.5 Å². The van der Waals surface area contributed by atoms with Gasteiger partial charge in [-0.1, -0.05) is 13.8 Å². The molecular formula is C26H51N3O9Y. The van der Waals surface area contributed by atoms with E-state index in [4.69, 9.17) is 14.2 Å². The van der Waals surface area contributed by atoms with E-state index in [1.807, 2.05) is 0 Å². The van der Waals surface area contributed by atoms with Crippen LogP contribution in [0.1, 0.15) is 65.7 Å². The molecule has 2 fully saturated rings. The van der Waals surface area contributed by atoms with Crippen molar-refractivity contribution in [2.24, 2.45) is 0 Å². The van der Waals surface area contributed by atoms with E-state index in [9.17, 15) is 30.0 Å². The predicted molar refractivity (Wildman–Crippen MR) is 141 cm³/mol. The molecule has 12 nitrogen and oxygen atoms in total. The SMILES string of the molecule is C.CO[C@@H]1C[C@@H](CO)N(C(=O)CCCCCNCCCCCOC2OC(CO)C(O)C(O)C2NC(C)=O)C1.[Y]. The first kappa shape index (κ1) is 38.7. The third-order valence-corrected chi connectivity index (χ3v) is 7.02. The molecule has 0 aromatic heterocycles. The molecule has 227 valence electrons. The van der Waals surface area contributed by atoms with Crippen LogP contribution in [0.4, 0.5) is 0 Å². The molecule has 2 rings (SSSR count). The van der Waals surface area contributed by atoms with Crippen LogP contribution in [0.5, 0.6) is 0 Å². The maximum Gasteiger partial charge on any atom is 0.222 e. The second-order valence-electron chi connectivity index (χ2n) is 9.90. The van der Waals surface area contributed by atoms with Crippen LogP contribution in [0.3, 0.4) is 0 Å². The van der Waals surface area contributed by atoms with Crippen molar-refractivity contribution in [1.82, 2.24) is 15.5 Å². The smallest absolute Gasteiger partial charge is 0.222 e. The minimum atomic E-state index is -1.32. The Kier molecular flexibility index (Phi) is 21.3. The fourth-order valence-electron chi connectivity index (χ4n) is 4.84. The van der Waals surface area contributed by atoms with Crippen LogP contribution in [0.2, 0.25) is 0 Å². The topological polar surface area (TPSA) is 170 Å². The number of likely N-dealkylation sites (tertiary alicyclic amines) is 1. The van der Waals surface area contributed by atoms with Gasteiger partial charge >= 0.3 is 0 Å². The van der Waals surface area contributed by atoms with Crippen molar-refractivity contribution >= 4 is 11.8 Å². The molecule has 2 aliphatic rings. The van der Waals surface area contributed by atoms with E-state index < -0.39 is 37.3 Å². The zero-order valence-corrected chi connectivity index (χ0v) is 25.6. The van der Waals surface area contributed by atoms with Crippen molar-refractivity contribution in [3.8, 4) is 0 Å². The first-order valence-corrected chi connectivity index (χ1v) is 13.5. The van der Waals surface area contributed by atoms with E-state index in [-0.39, 0.29) is 70.7 Å². The molecule has 6 N–H and O–H groups in total. The summed E-state index contributed by atoms with van der Waals surface area (Å²) in [7, 11) is 1.64. The zero-order chi connectivity index (χ0) is 27.2. The Morgan fingerprint density at radius 1 is 1.00 bits per heavy atom. The van der Waals surface area contributed by atoms with Crippen LogP contribution in [0.15, 0.2) is 0 Å². The normalized spacial score (nSPS) is 28.5. The maximum atomic E-state index is 12.4. The van der Waals surface area contributed by atoms with Crippen molar-refractivity contribution < 1.29 is 76.9 Å². The van der Waals surface area contributed by atoms with Gasteiger partial charge in [-0.05, 0) is 51.6 Å². The van der Waals surface area contributed by atoms with Crippen molar-refractivity contribution in [1.29, 1.82) is 0 Å². The fourth-order valence-corrected chi connectivity index (χ4v) is 4.84. The van der Waals surface area contributed by atoms with Gasteiger partial charge in [-0.2, -0.15) is 0 Å². The molecule has 13 heteroatoms. The van der Waals surface area contributed by atoms with Crippen LogP contribution < -0.4 is 10.6 Å². The number of nitrogens with zero attached hydrogens (tertiary/aromatic N) is 1. The summed E-state index contributed by atoms with van der Waals surface area (Å²) < 4.78 is 16.6. The van der Waals surface area contributed by atoms with Crippen LogP contribution in [0, 0.1) is 0 Å². The standard InChI is InChI=1S/C25H47N3O9.CH4.Y/c1-17(31)27-22-24(34)23(33)20(16-30)37-25(22)36-12-8-4-7-11-26-10-6-3-5-9-21(32)28-14-19(35-2)13-18(28)15-29;;/h18-20,22-26,29-30,33-34H,3-16H2,1-2H3,(H,27,31);1H4;/t18-,19+,20?,22?,23?,24?,25?;;/m0../s1. The maximum absolute atomic E-state index is 12.4. The molecular weight excluding hydrogens is 587 g/mol. The molecule has 0 spiro atoms. The molecule has 0 bridgehead atoms. The number of hydrogen-bond donors (Lipinski definition) is 6. The minimum absolute atomic E-state index is 0. The van der Waals surface area contributed by atoms with Gasteiger partial charge < -0.3 is 50.2 Å². The number of hydrogen-bond acceptors (Lipinski definition) is 10. The monoisotopic (exact) mass is 638 g/mol. The van der Waals surface area contributed by atoms with Gasteiger partial charge in [0.15, 0.2) is 6.29 Å². The van der Waals surface area contributed by atoms with Crippen LogP contribution >= 0.6 is 0 Å². The summed E-state index contributed by atoms with van der Waals surface area (Å²) in [6.07, 6.45) is 2.06. The molecule has 5 unspecified atom stereocenters. The number of methoxy groups -OCH3 is 1. The van der Waals surface area contributed by atoms with Gasteiger partial charge in [0, 0.05) is 66.3 Å². The Hall–Kier alpha value is -0.276. The average Bonchev–Trinajstić information content (AvgIpc) is 3.32. The largest absolute Gasteiger partial charge is 0.394 e. The molecule has 2 aliphatic heterocycles. The first-order valence-electron chi connectivity index (χ1n) is 13.5. The van der Waals surface area contributed by atoms with Gasteiger partial charge in [0.05, 0.1) is 25.4 Å². The Labute approximate surface area is 258 Å². The van der Waals surface area contributed by atoms with E-state index in [0.29, 0.717) is 26.0 Å². The molecule has 0 aromatic rings. The number of carbonyl (C=O) groups excluding carboxylic acids is 2. The molecule has 2 amide bonds. The molecule has 2 heterocycles. The van der Waals surface area contributed by atoms with Crippen molar-refractivity contribution in [2.75, 3.05) is 46.6 Å². The second kappa shape index (κ2) is 21.4. The molecule has 1 radical (unpaired) electrons. The number of amides is 2. The molecule has 0 saturated carbocycles. The van der Waals surface area contributed by atoms with Gasteiger partial charge in [0.2, 0.25) is 11.8 Å². The zero-order valence-electron chi connectivity index (χ0n) is 22.8. The number of aliphatic hydroxyl groups is 4. The second-order valence-corrected chi connectivity index (χ2v) is 9.90. The number of nitrogens with one attached hydrogen (secondary N) is 2. The molecule has 39 heavy (non-hydrogen) atoms. The number of carbonyl (C=O) groups is 2. The Morgan fingerprint density at radius 2 is 1.67 bits per heavy atom. The van der Waals surface area contributed by atoms with Gasteiger partial charge in [-0.15, -0.1) is 0 Å². The third-order valence-electron chi connectivity index (χ3n) is 7.02. The minimum Gasteiger partial charge on any atom is -0.394 e. The summed E-state index contributed by atoms with van der Waals surface area (Å²) in [4.78, 5) is 25.6. The van der Waals surface area contributed by atoms with Crippen LogP contribution in [-0.4, -0.2) is 126 Å². The Morgan fingerprint density at radius 3 is 2.26 bits per heavy atom. The van der Waals surface area contributed by atoms with E-state index in [2.05, 4.69) is 10.6 Å². The van der Waals surface area contributed by atoms with Crippen LogP contribution in [0.25, 0.3) is 0 Å². The van der Waals surface area contributed by atoms with E-state index >= 15 is 0 Å². The van der Waals surface area contributed by atoms with E-state index in [0.717, 1.165) is 51.6 Å². The fraction of sp³-hybridized carbons (Fsp3) is 0.923. The van der Waals surface area contributed by atoms with E-state index in [1.165, 1.54) is 6.92 Å². The molecule has 7 atom stereocenters. The van der Waals surface area contributed by atoms with Crippen molar-refractivity contribution in [3.63, 3.8) is 0 Å². The van der Waals surface area contributed by atoms with Gasteiger partial charge in [0.1, 0.15) is 24.4 Å². The van der Waals surface area contributed by atoms with Crippen molar-refractivity contribution in [3.05, 3.63) is 0 Å². The molecule has 0 aromatic carbocycles. The number of ether oxygens (including phenoxy) is 3. The van der Waals surface area contributed by atoms with E-state index in [1.54, 1.807) is 12.0 Å². The van der Waals surface area contributed by atoms with Gasteiger partial charge in [0.25, 0.3) is 0 Å². The summed E-state index contributed by atoms with van der Waals surface area (Å²) in [6, 6.07) is -1.05. The summed E-state index contributed by atoms with van der Waals surface area (Å²) in [6.45, 7) is 3.49. The van der Waals surface area contributed by atoms with Gasteiger partial charge in [-0.25, -0.2) is 0 Å². The predicted octanol–water partition coefficient (Wildman–Crippen LogP) is -0.491. The first-order chi connectivity index (χ1) is 17.8. The number of unbranched alkanes of at least 4 members (excludes halogenated alkanes) is 4. The summed E-state index contributed by atoms with van der Waals surface area (Å²) in [5.41, 5.74) is 0. The van der Waals surface area contributed by atoms with Gasteiger partial charge in [-0.3, -0.25) is 9.59 Å². The van der Waals surface area contributed by atoms with Crippen molar-refractivity contribution in [2.45, 2.75) is 109 Å². The molecule has 2 saturated heterocycles. The summed E-state index contributed by atoms with van der Waals surface area (Å²) in [5.74, 6) is -0.288. The summed E-state index contributed by atoms with van der Waals surface area (Å²) in [5, 5.41) is 45.1. The Balaban J connectivity index is 0.00000722. The summed E-state index contributed by atoms with van der Waals surface area (Å²) >= 11 is 0. The average molecular weight is 639 g/mol.